The molecule has 0 aromatic carbocycles. The minimum absolute atomic E-state index is 0.0453. The molecular formula is C11H12N2O2S. The molecule has 0 radical (unpaired) electrons. The van der Waals surface area contributed by atoms with E-state index in [4.69, 9.17) is 0 Å². The zero-order chi connectivity index (χ0) is 11.7. The first-order chi connectivity index (χ1) is 7.59. The number of carbonyl (C=O) groups is 1. The molecule has 2 heterocycles. The Morgan fingerprint density at radius 2 is 2.25 bits per heavy atom. The number of nitrogens with zero attached hydrogens (tertiary/aromatic N) is 2. The molecule has 84 valence electrons. The van der Waals surface area contributed by atoms with Crippen LogP contribution in [0.1, 0.15) is 16.2 Å². The zero-order valence-corrected chi connectivity index (χ0v) is 9.95. The van der Waals surface area contributed by atoms with Gasteiger partial charge in [0.15, 0.2) is 5.78 Å². The molecule has 2 rings (SSSR count). The van der Waals surface area contributed by atoms with Crippen molar-refractivity contribution in [3.05, 3.63) is 44.8 Å². The van der Waals surface area contributed by atoms with Gasteiger partial charge in [0.2, 0.25) is 0 Å². The maximum absolute atomic E-state index is 11.9. The molecule has 4 nitrogen and oxygen atoms in total. The Kier molecular flexibility index (Phi) is 2.78. The summed E-state index contributed by atoms with van der Waals surface area (Å²) in [5, 5.41) is 1.76. The summed E-state index contributed by atoms with van der Waals surface area (Å²) in [6.07, 6.45) is 1.82. The standard InChI is InChI=1S/C11H12N2O2S/c1-8-7-16-11(15)13(8)6-10(14)9-4-3-5-12(9)2/h3-5,7H,6H2,1-2H3. The Bertz CT molecular complexity index is 577. The van der Waals surface area contributed by atoms with Crippen molar-refractivity contribution in [3.63, 3.8) is 0 Å². The Hall–Kier alpha value is -1.62. The molecule has 5 heteroatoms. The molecule has 0 amide bonds. The molecule has 0 saturated carbocycles. The van der Waals surface area contributed by atoms with Crippen molar-refractivity contribution in [1.29, 1.82) is 0 Å². The summed E-state index contributed by atoms with van der Waals surface area (Å²) >= 11 is 1.12. The average Bonchev–Trinajstić information content (AvgIpc) is 2.79. The van der Waals surface area contributed by atoms with Gasteiger partial charge in [0.25, 0.3) is 0 Å². The number of aromatic nitrogens is 2. The number of rotatable bonds is 3. The van der Waals surface area contributed by atoms with Gasteiger partial charge in [0.1, 0.15) is 0 Å². The second-order valence-corrected chi connectivity index (χ2v) is 4.48. The third-order valence-corrected chi connectivity index (χ3v) is 3.39. The monoisotopic (exact) mass is 236 g/mol. The molecule has 0 spiro atoms. The summed E-state index contributed by atoms with van der Waals surface area (Å²) in [6.45, 7) is 1.95. The first-order valence-electron chi connectivity index (χ1n) is 4.89. The van der Waals surface area contributed by atoms with Gasteiger partial charge in [-0.1, -0.05) is 11.3 Å². The fourth-order valence-electron chi connectivity index (χ4n) is 1.57. The highest BCUT2D eigenvalue weighted by atomic mass is 32.1. The van der Waals surface area contributed by atoms with Crippen molar-refractivity contribution in [2.45, 2.75) is 13.5 Å². The Morgan fingerprint density at radius 1 is 1.50 bits per heavy atom. The topological polar surface area (TPSA) is 44.0 Å². The van der Waals surface area contributed by atoms with Crippen LogP contribution in [0.5, 0.6) is 0 Å². The Labute approximate surface area is 96.8 Å². The number of hydrogen-bond acceptors (Lipinski definition) is 3. The van der Waals surface area contributed by atoms with E-state index in [1.165, 1.54) is 4.57 Å². The number of hydrogen-bond donors (Lipinski definition) is 0. The van der Waals surface area contributed by atoms with Crippen LogP contribution in [-0.2, 0) is 13.6 Å². The fraction of sp³-hybridized carbons (Fsp3) is 0.273. The van der Waals surface area contributed by atoms with Gasteiger partial charge >= 0.3 is 4.87 Å². The predicted molar refractivity (Wildman–Crippen MR) is 63.1 cm³/mol. The maximum Gasteiger partial charge on any atom is 0.307 e. The molecule has 0 unspecified atom stereocenters. The third-order valence-electron chi connectivity index (χ3n) is 2.51. The van der Waals surface area contributed by atoms with E-state index >= 15 is 0 Å². The van der Waals surface area contributed by atoms with Crippen LogP contribution in [0.15, 0.2) is 28.5 Å². The molecule has 0 N–H and O–H groups in total. The molecule has 0 aliphatic heterocycles. The van der Waals surface area contributed by atoms with Gasteiger partial charge in [-0.2, -0.15) is 0 Å². The molecule has 0 saturated heterocycles. The Balaban J connectivity index is 2.27. The van der Waals surface area contributed by atoms with Crippen LogP contribution in [0.2, 0.25) is 0 Å². The van der Waals surface area contributed by atoms with Gasteiger partial charge in [0, 0.05) is 24.3 Å². The molecule has 0 fully saturated rings. The first-order valence-corrected chi connectivity index (χ1v) is 5.77. The van der Waals surface area contributed by atoms with Gasteiger partial charge in [-0.15, -0.1) is 0 Å². The summed E-state index contributed by atoms with van der Waals surface area (Å²) < 4.78 is 3.26. The lowest BCUT2D eigenvalue weighted by molar-refractivity contribution is 0.0963. The minimum Gasteiger partial charge on any atom is -0.348 e. The van der Waals surface area contributed by atoms with E-state index < -0.39 is 0 Å². The third kappa shape index (κ3) is 1.86. The maximum atomic E-state index is 11.9. The highest BCUT2D eigenvalue weighted by molar-refractivity contribution is 7.07. The van der Waals surface area contributed by atoms with Crippen molar-refractivity contribution in [1.82, 2.24) is 9.13 Å². The van der Waals surface area contributed by atoms with Crippen molar-refractivity contribution < 1.29 is 4.79 Å². The molecule has 2 aromatic heterocycles. The molecule has 16 heavy (non-hydrogen) atoms. The van der Waals surface area contributed by atoms with E-state index in [-0.39, 0.29) is 17.2 Å². The van der Waals surface area contributed by atoms with Gasteiger partial charge in [0.05, 0.1) is 12.2 Å². The second kappa shape index (κ2) is 4.09. The normalized spacial score (nSPS) is 10.6. The Morgan fingerprint density at radius 3 is 2.75 bits per heavy atom. The van der Waals surface area contributed by atoms with Crippen LogP contribution < -0.4 is 4.87 Å². The van der Waals surface area contributed by atoms with Crippen LogP contribution in [0.25, 0.3) is 0 Å². The summed E-state index contributed by atoms with van der Waals surface area (Å²) in [4.78, 5) is 23.3. The van der Waals surface area contributed by atoms with Gasteiger partial charge in [-0.3, -0.25) is 14.2 Å². The molecule has 0 bridgehead atoms. The van der Waals surface area contributed by atoms with Crippen molar-refractivity contribution >= 4 is 17.1 Å². The summed E-state index contributed by atoms with van der Waals surface area (Å²) in [6, 6.07) is 3.57. The first kappa shape index (κ1) is 10.9. The fourth-order valence-corrected chi connectivity index (χ4v) is 2.31. The highest BCUT2D eigenvalue weighted by Crippen LogP contribution is 2.05. The lowest BCUT2D eigenvalue weighted by Crippen LogP contribution is -2.21. The van der Waals surface area contributed by atoms with Gasteiger partial charge in [-0.25, -0.2) is 0 Å². The molecule has 0 aliphatic rings. The minimum atomic E-state index is -0.0833. The molecular weight excluding hydrogens is 224 g/mol. The predicted octanol–water partition coefficient (Wildman–Crippen LogP) is 1.44. The van der Waals surface area contributed by atoms with Crippen molar-refractivity contribution in [3.8, 4) is 0 Å². The average molecular weight is 236 g/mol. The van der Waals surface area contributed by atoms with E-state index in [9.17, 15) is 9.59 Å². The summed E-state index contributed by atoms with van der Waals surface area (Å²) in [7, 11) is 1.82. The van der Waals surface area contributed by atoms with Crippen LogP contribution in [-0.4, -0.2) is 14.9 Å². The van der Waals surface area contributed by atoms with Crippen molar-refractivity contribution in [2.24, 2.45) is 7.05 Å². The van der Waals surface area contributed by atoms with E-state index in [0.717, 1.165) is 17.0 Å². The number of thiazole rings is 1. The van der Waals surface area contributed by atoms with Crippen LogP contribution in [0, 0.1) is 6.92 Å². The number of Topliss-reactive ketones (excluding diaryl/α,β-unsaturated/α-hetero) is 1. The van der Waals surface area contributed by atoms with E-state index in [2.05, 4.69) is 0 Å². The highest BCUT2D eigenvalue weighted by Gasteiger charge is 2.12. The largest absolute Gasteiger partial charge is 0.348 e. The van der Waals surface area contributed by atoms with E-state index in [0.29, 0.717) is 5.69 Å². The number of ketones is 1. The molecule has 2 aromatic rings. The number of carbonyl (C=O) groups excluding carboxylic acids is 1. The van der Waals surface area contributed by atoms with Crippen LogP contribution in [0.4, 0.5) is 0 Å². The lowest BCUT2D eigenvalue weighted by Gasteiger charge is -2.04. The lowest BCUT2D eigenvalue weighted by atomic mass is 10.3. The smallest absolute Gasteiger partial charge is 0.307 e. The van der Waals surface area contributed by atoms with Gasteiger partial charge in [-0.05, 0) is 19.1 Å². The van der Waals surface area contributed by atoms with E-state index in [1.807, 2.05) is 26.2 Å². The molecule has 0 atom stereocenters. The van der Waals surface area contributed by atoms with E-state index in [1.54, 1.807) is 16.0 Å². The molecule has 0 aliphatic carbocycles. The van der Waals surface area contributed by atoms with Crippen molar-refractivity contribution in [2.75, 3.05) is 0 Å². The number of aryl methyl sites for hydroxylation is 2. The SMILES string of the molecule is Cc1csc(=O)n1CC(=O)c1cccn1C. The summed E-state index contributed by atoms with van der Waals surface area (Å²) in [5.74, 6) is -0.0453. The summed E-state index contributed by atoms with van der Waals surface area (Å²) in [5.41, 5.74) is 1.45. The van der Waals surface area contributed by atoms with Gasteiger partial charge < -0.3 is 4.57 Å². The quantitative estimate of drug-likeness (QED) is 0.757. The van der Waals surface area contributed by atoms with Crippen LogP contribution in [0.3, 0.4) is 0 Å². The zero-order valence-electron chi connectivity index (χ0n) is 9.14. The van der Waals surface area contributed by atoms with Crippen LogP contribution >= 0.6 is 11.3 Å². The second-order valence-electron chi connectivity index (χ2n) is 3.66.